The highest BCUT2D eigenvalue weighted by Crippen LogP contribution is 2.29. The van der Waals surface area contributed by atoms with Gasteiger partial charge < -0.3 is 24.2 Å². The number of aliphatic hydroxyl groups is 1. The van der Waals surface area contributed by atoms with Gasteiger partial charge in [0, 0.05) is 18.9 Å². The number of carbonyl (C=O) groups is 3. The Morgan fingerprint density at radius 3 is 1.55 bits per heavy atom. The molecule has 324 valence electrons. The maximum atomic E-state index is 13.1. The second kappa shape index (κ2) is 37.9. The number of cyclic esters (lactones) is 2. The van der Waals surface area contributed by atoms with Crippen LogP contribution in [0.15, 0.2) is 0 Å². The van der Waals surface area contributed by atoms with Crippen LogP contribution in [0.25, 0.3) is 0 Å². The molecule has 2 atom stereocenters. The normalized spacial score (nSPS) is 15.9. The molecular formula is C47H89NO7. The van der Waals surface area contributed by atoms with Crippen LogP contribution in [0.5, 0.6) is 0 Å². The number of hydrogen-bond acceptors (Lipinski definition) is 8. The molecule has 1 rings (SSSR count). The Bertz CT molecular complexity index is 883. The topological polar surface area (TPSA) is 102 Å². The summed E-state index contributed by atoms with van der Waals surface area (Å²) in [6.07, 6.45) is 35.1. The average molecular weight is 780 g/mol. The molecule has 1 fully saturated rings. The number of rotatable bonds is 41. The van der Waals surface area contributed by atoms with Gasteiger partial charge >= 0.3 is 17.9 Å². The smallest absolute Gasteiger partial charge is 0.348 e. The third kappa shape index (κ3) is 29.2. The lowest BCUT2D eigenvalue weighted by molar-refractivity contribution is -0.200. The first-order valence-corrected chi connectivity index (χ1v) is 23.9. The lowest BCUT2D eigenvalue weighted by atomic mass is 9.89. The molecule has 1 heterocycles. The van der Waals surface area contributed by atoms with Crippen molar-refractivity contribution in [2.24, 2.45) is 5.92 Å². The molecular weight excluding hydrogens is 691 g/mol. The molecule has 0 radical (unpaired) electrons. The van der Waals surface area contributed by atoms with Gasteiger partial charge in [-0.25, -0.2) is 9.59 Å². The summed E-state index contributed by atoms with van der Waals surface area (Å²) < 4.78 is 17.0. The molecule has 8 nitrogen and oxygen atoms in total. The highest BCUT2D eigenvalue weighted by molar-refractivity contribution is 5.87. The summed E-state index contributed by atoms with van der Waals surface area (Å²) in [6.45, 7) is 9.99. The highest BCUT2D eigenvalue weighted by atomic mass is 16.6. The summed E-state index contributed by atoms with van der Waals surface area (Å²) >= 11 is 0. The van der Waals surface area contributed by atoms with E-state index in [2.05, 4.69) is 25.7 Å². The number of aliphatic hydroxyl groups excluding tert-OH is 1. The maximum Gasteiger partial charge on any atom is 0.348 e. The van der Waals surface area contributed by atoms with E-state index >= 15 is 0 Å². The number of ether oxygens (including phenoxy) is 3. The summed E-state index contributed by atoms with van der Waals surface area (Å²) in [7, 11) is 0. The van der Waals surface area contributed by atoms with Crippen LogP contribution in [0.3, 0.4) is 0 Å². The van der Waals surface area contributed by atoms with Crippen LogP contribution < -0.4 is 0 Å². The largest absolute Gasteiger partial charge is 0.466 e. The van der Waals surface area contributed by atoms with Gasteiger partial charge in [0.05, 0.1) is 13.2 Å². The average Bonchev–Trinajstić information content (AvgIpc) is 3.18. The predicted octanol–water partition coefficient (Wildman–Crippen LogP) is 12.2. The maximum absolute atomic E-state index is 13.1. The van der Waals surface area contributed by atoms with Gasteiger partial charge in [0.15, 0.2) is 6.10 Å². The van der Waals surface area contributed by atoms with E-state index in [9.17, 15) is 19.5 Å². The van der Waals surface area contributed by atoms with E-state index in [1.165, 1.54) is 109 Å². The molecule has 1 aliphatic rings. The molecule has 8 heteroatoms. The lowest BCUT2D eigenvalue weighted by Crippen LogP contribution is -2.47. The zero-order valence-corrected chi connectivity index (χ0v) is 36.4. The van der Waals surface area contributed by atoms with E-state index in [1.54, 1.807) is 0 Å². The van der Waals surface area contributed by atoms with E-state index in [0.717, 1.165) is 103 Å². The molecule has 2 unspecified atom stereocenters. The van der Waals surface area contributed by atoms with Crippen LogP contribution in [0.4, 0.5) is 0 Å². The first-order valence-electron chi connectivity index (χ1n) is 23.9. The Kier molecular flexibility index (Phi) is 35.4. The van der Waals surface area contributed by atoms with Crippen LogP contribution in [-0.4, -0.2) is 73.0 Å². The van der Waals surface area contributed by atoms with Crippen molar-refractivity contribution in [1.29, 1.82) is 0 Å². The second-order valence-corrected chi connectivity index (χ2v) is 16.6. The van der Waals surface area contributed by atoms with Gasteiger partial charge in [-0.1, -0.05) is 175 Å². The van der Waals surface area contributed by atoms with Gasteiger partial charge in [-0.05, 0) is 64.5 Å². The van der Waals surface area contributed by atoms with E-state index in [-0.39, 0.29) is 30.4 Å². The molecule has 0 aromatic heterocycles. The fraction of sp³-hybridized carbons (Fsp3) is 0.936. The Hall–Kier alpha value is -1.67. The van der Waals surface area contributed by atoms with Crippen LogP contribution in [0.2, 0.25) is 0 Å². The number of unbranched alkanes of at least 4 members (excludes halogenated alkanes) is 24. The zero-order valence-electron chi connectivity index (χ0n) is 36.4. The minimum atomic E-state index is -0.778. The second-order valence-electron chi connectivity index (χ2n) is 16.6. The zero-order chi connectivity index (χ0) is 40.0. The molecule has 0 amide bonds. The van der Waals surface area contributed by atoms with Gasteiger partial charge in [-0.2, -0.15) is 0 Å². The van der Waals surface area contributed by atoms with Gasteiger partial charge in [0.1, 0.15) is 0 Å². The Balaban J connectivity index is 2.21. The quantitative estimate of drug-likeness (QED) is 0.0372. The fourth-order valence-electron chi connectivity index (χ4n) is 7.92. The first kappa shape index (κ1) is 51.3. The lowest BCUT2D eigenvalue weighted by Gasteiger charge is -2.32. The first-order chi connectivity index (χ1) is 27.0. The summed E-state index contributed by atoms with van der Waals surface area (Å²) in [4.78, 5) is 40.5. The molecule has 0 aliphatic carbocycles. The third-order valence-electron chi connectivity index (χ3n) is 11.5. The van der Waals surface area contributed by atoms with Crippen molar-refractivity contribution >= 4 is 17.9 Å². The molecule has 1 saturated heterocycles. The SMILES string of the molecule is CCCCCCCCCCCOC(=O)CCCCCCN(CCO)CCCCCCC1OC(=O)C(C(CCCCCCCC)CCCCCCCC)OC1=O. The van der Waals surface area contributed by atoms with Crippen molar-refractivity contribution in [3.8, 4) is 0 Å². The van der Waals surface area contributed by atoms with Crippen molar-refractivity contribution in [2.75, 3.05) is 32.8 Å². The number of nitrogens with zero attached hydrogens (tertiary/aromatic N) is 1. The summed E-state index contributed by atoms with van der Waals surface area (Å²) in [6, 6.07) is 0. The monoisotopic (exact) mass is 780 g/mol. The molecule has 0 spiro atoms. The van der Waals surface area contributed by atoms with Crippen LogP contribution >= 0.6 is 0 Å². The van der Waals surface area contributed by atoms with Gasteiger partial charge in [0.25, 0.3) is 0 Å². The fourth-order valence-corrected chi connectivity index (χ4v) is 7.92. The molecule has 0 aromatic carbocycles. The van der Waals surface area contributed by atoms with E-state index in [4.69, 9.17) is 14.2 Å². The number of esters is 3. The number of hydrogen-bond donors (Lipinski definition) is 1. The number of carbonyl (C=O) groups excluding carboxylic acids is 3. The van der Waals surface area contributed by atoms with Crippen LogP contribution in [0, 0.1) is 5.92 Å². The Morgan fingerprint density at radius 1 is 0.564 bits per heavy atom. The van der Waals surface area contributed by atoms with Crippen molar-refractivity contribution in [1.82, 2.24) is 4.90 Å². The van der Waals surface area contributed by atoms with Crippen molar-refractivity contribution in [3.63, 3.8) is 0 Å². The van der Waals surface area contributed by atoms with Crippen molar-refractivity contribution in [2.45, 2.75) is 245 Å². The van der Waals surface area contributed by atoms with Crippen LogP contribution in [0.1, 0.15) is 233 Å². The van der Waals surface area contributed by atoms with Crippen LogP contribution in [-0.2, 0) is 28.6 Å². The molecule has 0 saturated carbocycles. The third-order valence-corrected chi connectivity index (χ3v) is 11.5. The predicted molar refractivity (Wildman–Crippen MR) is 227 cm³/mol. The highest BCUT2D eigenvalue weighted by Gasteiger charge is 2.41. The van der Waals surface area contributed by atoms with E-state index < -0.39 is 12.2 Å². The van der Waals surface area contributed by atoms with Gasteiger partial charge in [-0.15, -0.1) is 0 Å². The van der Waals surface area contributed by atoms with Crippen molar-refractivity contribution < 1.29 is 33.7 Å². The Morgan fingerprint density at radius 2 is 1.02 bits per heavy atom. The van der Waals surface area contributed by atoms with E-state index in [1.807, 2.05) is 0 Å². The van der Waals surface area contributed by atoms with Crippen molar-refractivity contribution in [3.05, 3.63) is 0 Å². The molecule has 1 N–H and O–H groups in total. The molecule has 0 aromatic rings. The molecule has 1 aliphatic heterocycles. The summed E-state index contributed by atoms with van der Waals surface area (Å²) in [5.41, 5.74) is 0. The van der Waals surface area contributed by atoms with Gasteiger partial charge in [0.2, 0.25) is 6.10 Å². The minimum absolute atomic E-state index is 0.0551. The molecule has 0 bridgehead atoms. The van der Waals surface area contributed by atoms with E-state index in [0.29, 0.717) is 26.0 Å². The Labute approximate surface area is 339 Å². The summed E-state index contributed by atoms with van der Waals surface area (Å²) in [5.74, 6) is -0.703. The van der Waals surface area contributed by atoms with Gasteiger partial charge in [-0.3, -0.25) is 4.79 Å². The minimum Gasteiger partial charge on any atom is -0.466 e. The molecule has 55 heavy (non-hydrogen) atoms. The summed E-state index contributed by atoms with van der Waals surface area (Å²) in [5, 5.41) is 9.58. The standard InChI is InChI=1S/C47H89NO7/c1-4-7-10-13-16-17-18-25-32-41-53-44(50)36-29-22-24-31-38-48(39-40-49)37-30-23-21-28-35-43-46(51)55-45(47(52)54-43)42(33-26-19-14-11-8-5-2)34-27-20-15-12-9-6-3/h42-43,45,49H,4-41H2,1-3H3.